The number of aliphatic hydroxyl groups excluding tert-OH is 1. The number of piperidine rings is 1. The average molecular weight is 337 g/mol. The van der Waals surface area contributed by atoms with E-state index in [0.717, 1.165) is 30.8 Å². The number of amides is 1. The second kappa shape index (κ2) is 6.87. The first-order valence-corrected chi connectivity index (χ1v) is 8.67. The maximum absolute atomic E-state index is 12.5. The van der Waals surface area contributed by atoms with E-state index in [-0.39, 0.29) is 12.5 Å². The maximum atomic E-state index is 12.5. The molecule has 0 radical (unpaired) electrons. The SMILES string of the molecule is O=C1/C(=C/c2cccs2)NC(=S)N1CN1CCC[C@H](CO)C1. The lowest BCUT2D eigenvalue weighted by atomic mass is 9.99. The first-order chi connectivity index (χ1) is 10.7. The fourth-order valence-corrected chi connectivity index (χ4v) is 3.75. The minimum Gasteiger partial charge on any atom is -0.396 e. The summed E-state index contributed by atoms with van der Waals surface area (Å²) in [6.07, 6.45) is 3.94. The number of nitrogens with zero attached hydrogens (tertiary/aromatic N) is 2. The molecule has 1 aromatic rings. The van der Waals surface area contributed by atoms with Crippen molar-refractivity contribution in [3.05, 3.63) is 28.1 Å². The van der Waals surface area contributed by atoms with E-state index in [1.807, 2.05) is 23.6 Å². The third kappa shape index (κ3) is 3.38. The summed E-state index contributed by atoms with van der Waals surface area (Å²) in [7, 11) is 0. The largest absolute Gasteiger partial charge is 0.396 e. The topological polar surface area (TPSA) is 55.8 Å². The summed E-state index contributed by atoms with van der Waals surface area (Å²) < 4.78 is 0. The normalized spacial score (nSPS) is 25.0. The molecular weight excluding hydrogens is 318 g/mol. The van der Waals surface area contributed by atoms with E-state index >= 15 is 0 Å². The molecule has 0 aromatic carbocycles. The van der Waals surface area contributed by atoms with E-state index in [0.29, 0.717) is 23.4 Å². The van der Waals surface area contributed by atoms with E-state index in [1.54, 1.807) is 16.2 Å². The van der Waals surface area contributed by atoms with Gasteiger partial charge in [-0.25, -0.2) is 0 Å². The molecule has 2 N–H and O–H groups in total. The number of hydrogen-bond acceptors (Lipinski definition) is 5. The van der Waals surface area contributed by atoms with Crippen LogP contribution in [0.4, 0.5) is 0 Å². The lowest BCUT2D eigenvalue weighted by Crippen LogP contribution is -2.46. The Balaban J connectivity index is 1.67. The predicted molar refractivity (Wildman–Crippen MR) is 91.1 cm³/mol. The minimum absolute atomic E-state index is 0.0791. The number of carbonyl (C=O) groups is 1. The fourth-order valence-electron chi connectivity index (χ4n) is 2.84. The molecule has 2 saturated heterocycles. The van der Waals surface area contributed by atoms with Crippen LogP contribution in [0.2, 0.25) is 0 Å². The van der Waals surface area contributed by atoms with Gasteiger partial charge in [0.25, 0.3) is 5.91 Å². The van der Waals surface area contributed by atoms with Crippen LogP contribution in [0.15, 0.2) is 23.2 Å². The van der Waals surface area contributed by atoms with Crippen molar-refractivity contribution in [1.82, 2.24) is 15.1 Å². The van der Waals surface area contributed by atoms with Crippen LogP contribution >= 0.6 is 23.6 Å². The van der Waals surface area contributed by atoms with E-state index in [9.17, 15) is 9.90 Å². The highest BCUT2D eigenvalue weighted by molar-refractivity contribution is 7.80. The van der Waals surface area contributed by atoms with Gasteiger partial charge in [-0.15, -0.1) is 11.3 Å². The van der Waals surface area contributed by atoms with Crippen LogP contribution in [-0.4, -0.2) is 52.3 Å². The van der Waals surface area contributed by atoms with Crippen LogP contribution in [0.25, 0.3) is 6.08 Å². The van der Waals surface area contributed by atoms with Crippen LogP contribution in [-0.2, 0) is 4.79 Å². The number of nitrogens with one attached hydrogen (secondary N) is 1. The number of rotatable bonds is 4. The molecule has 1 amide bonds. The molecule has 3 rings (SSSR count). The molecule has 0 aliphatic carbocycles. The van der Waals surface area contributed by atoms with Gasteiger partial charge in [-0.2, -0.15) is 0 Å². The number of aliphatic hydroxyl groups is 1. The van der Waals surface area contributed by atoms with E-state index in [1.165, 1.54) is 0 Å². The summed E-state index contributed by atoms with van der Waals surface area (Å²) in [6, 6.07) is 3.92. The number of carbonyl (C=O) groups excluding carboxylic acids is 1. The van der Waals surface area contributed by atoms with Gasteiger partial charge in [-0.05, 0) is 55.0 Å². The summed E-state index contributed by atoms with van der Waals surface area (Å²) in [5, 5.41) is 14.7. The van der Waals surface area contributed by atoms with Crippen molar-refractivity contribution in [2.75, 3.05) is 26.4 Å². The Bertz CT molecular complexity index is 586. The molecule has 2 fully saturated rings. The van der Waals surface area contributed by atoms with Crippen LogP contribution in [0.1, 0.15) is 17.7 Å². The Hall–Kier alpha value is -1.28. The molecule has 0 saturated carbocycles. The van der Waals surface area contributed by atoms with E-state index < -0.39 is 0 Å². The second-order valence-electron chi connectivity index (χ2n) is 5.65. The highest BCUT2D eigenvalue weighted by atomic mass is 32.1. The van der Waals surface area contributed by atoms with Crippen molar-refractivity contribution in [3.63, 3.8) is 0 Å². The fraction of sp³-hybridized carbons (Fsp3) is 0.467. The number of likely N-dealkylation sites (tertiary alicyclic amines) is 1. The quantitative estimate of drug-likeness (QED) is 0.644. The molecule has 0 spiro atoms. The van der Waals surface area contributed by atoms with Gasteiger partial charge >= 0.3 is 0 Å². The van der Waals surface area contributed by atoms with E-state index in [4.69, 9.17) is 12.2 Å². The molecule has 1 atom stereocenters. The lowest BCUT2D eigenvalue weighted by Gasteiger charge is -2.33. The molecule has 118 valence electrons. The van der Waals surface area contributed by atoms with Crippen molar-refractivity contribution in [2.45, 2.75) is 12.8 Å². The zero-order valence-corrected chi connectivity index (χ0v) is 13.8. The molecular formula is C15H19N3O2S2. The highest BCUT2D eigenvalue weighted by Crippen LogP contribution is 2.20. The van der Waals surface area contributed by atoms with Crippen LogP contribution in [0.5, 0.6) is 0 Å². The molecule has 22 heavy (non-hydrogen) atoms. The van der Waals surface area contributed by atoms with Crippen molar-refractivity contribution >= 4 is 40.7 Å². The van der Waals surface area contributed by atoms with Gasteiger partial charge in [0.1, 0.15) is 5.70 Å². The third-order valence-electron chi connectivity index (χ3n) is 3.99. The Morgan fingerprint density at radius 1 is 1.55 bits per heavy atom. The van der Waals surface area contributed by atoms with E-state index in [2.05, 4.69) is 10.2 Å². The minimum atomic E-state index is -0.0791. The highest BCUT2D eigenvalue weighted by Gasteiger charge is 2.33. The van der Waals surface area contributed by atoms with Gasteiger partial charge in [0.15, 0.2) is 5.11 Å². The van der Waals surface area contributed by atoms with Crippen LogP contribution in [0, 0.1) is 5.92 Å². The molecule has 0 bridgehead atoms. The smallest absolute Gasteiger partial charge is 0.277 e. The van der Waals surface area contributed by atoms with Crippen molar-refractivity contribution in [1.29, 1.82) is 0 Å². The van der Waals surface area contributed by atoms with Crippen LogP contribution < -0.4 is 5.32 Å². The van der Waals surface area contributed by atoms with Crippen molar-refractivity contribution in [2.24, 2.45) is 5.92 Å². The zero-order valence-electron chi connectivity index (χ0n) is 12.2. The van der Waals surface area contributed by atoms with Crippen molar-refractivity contribution < 1.29 is 9.90 Å². The van der Waals surface area contributed by atoms with Crippen LogP contribution in [0.3, 0.4) is 0 Å². The molecule has 1 aromatic heterocycles. The van der Waals surface area contributed by atoms with Gasteiger partial charge in [0.05, 0.1) is 6.67 Å². The summed E-state index contributed by atoms with van der Waals surface area (Å²) >= 11 is 6.88. The van der Waals surface area contributed by atoms with Crippen molar-refractivity contribution in [3.8, 4) is 0 Å². The molecule has 2 aliphatic rings. The van der Waals surface area contributed by atoms with Gasteiger partial charge in [-0.3, -0.25) is 14.6 Å². The Morgan fingerprint density at radius 3 is 3.14 bits per heavy atom. The van der Waals surface area contributed by atoms with Gasteiger partial charge in [0, 0.05) is 18.0 Å². The molecule has 7 heteroatoms. The predicted octanol–water partition coefficient (Wildman–Crippen LogP) is 1.47. The molecule has 3 heterocycles. The second-order valence-corrected chi connectivity index (χ2v) is 7.01. The number of thiocarbonyl (C=S) groups is 1. The van der Waals surface area contributed by atoms with Gasteiger partial charge in [0.2, 0.25) is 0 Å². The monoisotopic (exact) mass is 337 g/mol. The summed E-state index contributed by atoms with van der Waals surface area (Å²) in [6.45, 7) is 2.44. The van der Waals surface area contributed by atoms with Gasteiger partial charge < -0.3 is 10.4 Å². The molecule has 0 unspecified atom stereocenters. The summed E-state index contributed by atoms with van der Waals surface area (Å²) in [5.74, 6) is 0.221. The maximum Gasteiger partial charge on any atom is 0.277 e. The zero-order chi connectivity index (χ0) is 15.5. The molecule has 5 nitrogen and oxygen atoms in total. The lowest BCUT2D eigenvalue weighted by molar-refractivity contribution is -0.124. The van der Waals surface area contributed by atoms with Gasteiger partial charge in [-0.1, -0.05) is 6.07 Å². The average Bonchev–Trinajstić information content (AvgIpc) is 3.12. The summed E-state index contributed by atoms with van der Waals surface area (Å²) in [4.78, 5) is 17.3. The standard InChI is InChI=1S/C15H19N3O2S2/c19-9-11-3-1-5-17(8-11)10-18-14(20)13(16-15(18)21)7-12-4-2-6-22-12/h2,4,6-7,11,19H,1,3,5,8-10H2,(H,16,21)/b13-7-/t11-/m0/s1. The Labute approximate surface area is 139 Å². The Morgan fingerprint density at radius 2 is 2.41 bits per heavy atom. The number of hydrogen-bond donors (Lipinski definition) is 2. The third-order valence-corrected chi connectivity index (χ3v) is 5.14. The molecule has 2 aliphatic heterocycles. The first kappa shape index (κ1) is 15.6. The number of thiophene rings is 1. The first-order valence-electron chi connectivity index (χ1n) is 7.38. The summed E-state index contributed by atoms with van der Waals surface area (Å²) in [5.41, 5.74) is 0.531. The Kier molecular flexibility index (Phi) is 4.87.